The molecule has 0 fully saturated rings. The number of aryl methyl sites for hydroxylation is 1. The third-order valence-corrected chi connectivity index (χ3v) is 7.31. The second-order valence-electron chi connectivity index (χ2n) is 10.2. The number of ether oxygens (including phenoxy) is 2. The average Bonchev–Trinajstić information content (AvgIpc) is 3.56. The summed E-state index contributed by atoms with van der Waals surface area (Å²) in [5.41, 5.74) is -0.929. The maximum Gasteiger partial charge on any atom is 0.423 e. The third-order valence-electron chi connectivity index (χ3n) is 7.31. The molecule has 6 rings (SSSR count). The summed E-state index contributed by atoms with van der Waals surface area (Å²) in [5, 5.41) is 13.3. The summed E-state index contributed by atoms with van der Waals surface area (Å²) >= 11 is 0. The highest BCUT2D eigenvalue weighted by atomic mass is 19.4. The van der Waals surface area contributed by atoms with Crippen LogP contribution >= 0.6 is 0 Å². The molecular weight excluding hydrogens is 588 g/mol. The van der Waals surface area contributed by atoms with Gasteiger partial charge in [0.15, 0.2) is 0 Å². The van der Waals surface area contributed by atoms with Gasteiger partial charge < -0.3 is 29.6 Å². The van der Waals surface area contributed by atoms with Crippen molar-refractivity contribution >= 4 is 23.5 Å². The topological polar surface area (TPSA) is 136 Å². The average molecular weight is 613 g/mol. The fraction of sp³-hybridized carbons (Fsp3) is 0.286. The Morgan fingerprint density at radius 1 is 1.18 bits per heavy atom. The number of rotatable bonds is 7. The maximum atomic E-state index is 15.2. The lowest BCUT2D eigenvalue weighted by Gasteiger charge is -2.24. The van der Waals surface area contributed by atoms with Gasteiger partial charge in [-0.05, 0) is 24.1 Å². The molecule has 4 aromatic rings. The van der Waals surface area contributed by atoms with Crippen LogP contribution in [0.5, 0.6) is 17.4 Å². The van der Waals surface area contributed by atoms with E-state index >= 15 is 4.39 Å². The van der Waals surface area contributed by atoms with Gasteiger partial charge >= 0.3 is 6.18 Å². The van der Waals surface area contributed by atoms with Gasteiger partial charge in [-0.1, -0.05) is 12.1 Å². The van der Waals surface area contributed by atoms with Crippen LogP contribution in [0.15, 0.2) is 42.9 Å². The van der Waals surface area contributed by atoms with E-state index < -0.39 is 35.3 Å². The van der Waals surface area contributed by atoms with E-state index in [1.807, 2.05) is 4.57 Å². The highest BCUT2D eigenvalue weighted by Gasteiger charge is 2.38. The first-order valence-corrected chi connectivity index (χ1v) is 13.3. The molecule has 2 aromatic heterocycles. The van der Waals surface area contributed by atoms with Gasteiger partial charge in [-0.2, -0.15) is 18.2 Å². The molecule has 0 saturated carbocycles. The number of fused-ring (bicyclic) bond motifs is 2. The standard InChI is InChI=1S/C28H24F4N8O4/c1-39-12-14-4-3-5-20(23(14)26(39)42)44-25-17(28(30,31)32)11-33-27(37-25)36-19-10-18(29)16(9-21(19)43-2)24(41)35-15-6-7-40-13-34-38-22(40)8-15/h3-5,9-11,13,15H,6-8,12H2,1-2H3,(H,35,41)(H,33,36,37). The smallest absolute Gasteiger partial charge is 0.423 e. The molecule has 0 radical (unpaired) electrons. The predicted molar refractivity (Wildman–Crippen MR) is 145 cm³/mol. The summed E-state index contributed by atoms with van der Waals surface area (Å²) in [6, 6.07) is 6.42. The minimum atomic E-state index is -4.89. The van der Waals surface area contributed by atoms with E-state index in [1.54, 1.807) is 25.5 Å². The van der Waals surface area contributed by atoms with Crippen molar-refractivity contribution in [2.45, 2.75) is 38.1 Å². The van der Waals surface area contributed by atoms with Gasteiger partial charge in [0, 0.05) is 44.9 Å². The second kappa shape index (κ2) is 11.1. The van der Waals surface area contributed by atoms with Crippen LogP contribution in [0.1, 0.15) is 44.1 Å². The molecule has 12 nitrogen and oxygen atoms in total. The number of hydrogen-bond acceptors (Lipinski definition) is 9. The second-order valence-corrected chi connectivity index (χ2v) is 10.2. The van der Waals surface area contributed by atoms with E-state index in [-0.39, 0.29) is 46.8 Å². The number of alkyl halides is 3. The number of anilines is 2. The summed E-state index contributed by atoms with van der Waals surface area (Å²) in [7, 11) is 2.84. The number of carbonyl (C=O) groups is 2. The van der Waals surface area contributed by atoms with Crippen LogP contribution in [0.3, 0.4) is 0 Å². The van der Waals surface area contributed by atoms with Crippen molar-refractivity contribution in [2.75, 3.05) is 19.5 Å². The fourth-order valence-corrected chi connectivity index (χ4v) is 5.10. The molecule has 1 atom stereocenters. The van der Waals surface area contributed by atoms with Gasteiger partial charge in [0.05, 0.1) is 23.9 Å². The molecule has 44 heavy (non-hydrogen) atoms. The molecule has 4 heterocycles. The largest absolute Gasteiger partial charge is 0.495 e. The van der Waals surface area contributed by atoms with E-state index in [9.17, 15) is 22.8 Å². The molecule has 1 unspecified atom stereocenters. The van der Waals surface area contributed by atoms with Gasteiger partial charge in [-0.25, -0.2) is 9.37 Å². The number of hydrogen-bond donors (Lipinski definition) is 2. The van der Waals surface area contributed by atoms with Crippen molar-refractivity contribution < 1.29 is 36.6 Å². The van der Waals surface area contributed by atoms with E-state index in [1.165, 1.54) is 18.1 Å². The normalized spacial score (nSPS) is 15.9. The molecule has 0 bridgehead atoms. The first kappa shape index (κ1) is 28.8. The van der Waals surface area contributed by atoms with Gasteiger partial charge in [-0.3, -0.25) is 9.59 Å². The molecule has 2 aromatic carbocycles. The van der Waals surface area contributed by atoms with Crippen molar-refractivity contribution in [1.82, 2.24) is 34.9 Å². The first-order chi connectivity index (χ1) is 21.0. The Bertz CT molecular complexity index is 1780. The van der Waals surface area contributed by atoms with E-state index in [4.69, 9.17) is 9.47 Å². The molecular formula is C28H24F4N8O4. The molecule has 228 valence electrons. The van der Waals surface area contributed by atoms with Crippen molar-refractivity contribution in [3.8, 4) is 17.4 Å². The van der Waals surface area contributed by atoms with Crippen LogP contribution < -0.4 is 20.1 Å². The SMILES string of the molecule is COc1cc(C(=O)NC2CCn3cnnc3C2)c(F)cc1Nc1ncc(C(F)(F)F)c(Oc2cccc3c2C(=O)N(C)C3)n1. The Morgan fingerprint density at radius 2 is 2.00 bits per heavy atom. The molecule has 0 saturated heterocycles. The number of methoxy groups -OCH3 is 1. The highest BCUT2D eigenvalue weighted by Crippen LogP contribution is 2.40. The molecule has 0 aliphatic carbocycles. The molecule has 2 N–H and O–H groups in total. The number of aromatic nitrogens is 5. The summed E-state index contributed by atoms with van der Waals surface area (Å²) in [6.45, 7) is 0.873. The number of halogens is 4. The summed E-state index contributed by atoms with van der Waals surface area (Å²) < 4.78 is 69.6. The lowest BCUT2D eigenvalue weighted by atomic mass is 10.1. The Morgan fingerprint density at radius 3 is 2.77 bits per heavy atom. The van der Waals surface area contributed by atoms with Crippen molar-refractivity contribution in [2.24, 2.45) is 0 Å². The van der Waals surface area contributed by atoms with Crippen molar-refractivity contribution in [3.05, 3.63) is 76.8 Å². The maximum absolute atomic E-state index is 15.2. The zero-order valence-electron chi connectivity index (χ0n) is 23.3. The minimum absolute atomic E-state index is 0.000386. The lowest BCUT2D eigenvalue weighted by molar-refractivity contribution is -0.139. The molecule has 2 aliphatic rings. The number of amides is 2. The molecule has 2 amide bonds. The van der Waals surface area contributed by atoms with Crippen molar-refractivity contribution in [1.29, 1.82) is 0 Å². The number of nitrogens with zero attached hydrogens (tertiary/aromatic N) is 6. The Balaban J connectivity index is 1.26. The first-order valence-electron chi connectivity index (χ1n) is 13.3. The van der Waals surface area contributed by atoms with Crippen LogP contribution in [0.2, 0.25) is 0 Å². The fourth-order valence-electron chi connectivity index (χ4n) is 5.10. The van der Waals surface area contributed by atoms with Crippen LogP contribution in [0.25, 0.3) is 0 Å². The molecule has 16 heteroatoms. The number of carbonyl (C=O) groups excluding carboxylic acids is 2. The van der Waals surface area contributed by atoms with E-state index in [2.05, 4.69) is 30.8 Å². The molecule has 0 spiro atoms. The zero-order chi connectivity index (χ0) is 31.2. The monoisotopic (exact) mass is 612 g/mol. The van der Waals surface area contributed by atoms with Crippen molar-refractivity contribution in [3.63, 3.8) is 0 Å². The van der Waals surface area contributed by atoms with Crippen LogP contribution in [-0.4, -0.2) is 61.6 Å². The van der Waals surface area contributed by atoms with Gasteiger partial charge in [0.1, 0.15) is 35.0 Å². The van der Waals surface area contributed by atoms with E-state index in [0.717, 1.165) is 12.1 Å². The van der Waals surface area contributed by atoms with Crippen LogP contribution in [-0.2, 0) is 25.7 Å². The quantitative estimate of drug-likeness (QED) is 0.296. The third kappa shape index (κ3) is 5.45. The Hall–Kier alpha value is -5.28. The Kier molecular flexibility index (Phi) is 7.26. The number of benzene rings is 2. The van der Waals surface area contributed by atoms with Gasteiger partial charge in [0.2, 0.25) is 11.8 Å². The summed E-state index contributed by atoms with van der Waals surface area (Å²) in [6.07, 6.45) is -1.75. The Labute approximate surface area is 247 Å². The highest BCUT2D eigenvalue weighted by molar-refractivity contribution is 6.01. The lowest BCUT2D eigenvalue weighted by Crippen LogP contribution is -2.40. The van der Waals surface area contributed by atoms with E-state index in [0.29, 0.717) is 37.0 Å². The van der Waals surface area contributed by atoms with Crippen LogP contribution in [0, 0.1) is 5.82 Å². The zero-order valence-corrected chi connectivity index (χ0v) is 23.3. The number of nitrogens with one attached hydrogen (secondary N) is 2. The predicted octanol–water partition coefficient (Wildman–Crippen LogP) is 4.10. The molecule has 2 aliphatic heterocycles. The van der Waals surface area contributed by atoms with Gasteiger partial charge in [-0.15, -0.1) is 10.2 Å². The minimum Gasteiger partial charge on any atom is -0.495 e. The summed E-state index contributed by atoms with van der Waals surface area (Å²) in [5.74, 6) is -2.67. The van der Waals surface area contributed by atoms with Gasteiger partial charge in [0.25, 0.3) is 11.8 Å². The summed E-state index contributed by atoms with van der Waals surface area (Å²) in [4.78, 5) is 34.6. The van der Waals surface area contributed by atoms with Crippen LogP contribution in [0.4, 0.5) is 29.2 Å².